The molecule has 0 bridgehead atoms. The summed E-state index contributed by atoms with van der Waals surface area (Å²) in [5.74, 6) is 0.809. The molecule has 2 rings (SSSR count). The van der Waals surface area contributed by atoms with Crippen molar-refractivity contribution in [3.8, 4) is 0 Å². The zero-order valence-corrected chi connectivity index (χ0v) is 10.1. The second kappa shape index (κ2) is 5.15. The van der Waals surface area contributed by atoms with Crippen molar-refractivity contribution in [3.63, 3.8) is 0 Å². The van der Waals surface area contributed by atoms with E-state index in [0.717, 1.165) is 45.4 Å². The summed E-state index contributed by atoms with van der Waals surface area (Å²) in [6.07, 6.45) is 3.12. The minimum atomic E-state index is 0.191. The van der Waals surface area contributed by atoms with Crippen LogP contribution in [0.15, 0.2) is 0 Å². The third-order valence-electron chi connectivity index (χ3n) is 3.83. The van der Waals surface area contributed by atoms with E-state index in [1.807, 2.05) is 4.90 Å². The Balaban J connectivity index is 1.87. The molecule has 4 heteroatoms. The molecule has 1 amide bonds. The van der Waals surface area contributed by atoms with Gasteiger partial charge >= 0.3 is 0 Å². The fourth-order valence-electron chi connectivity index (χ4n) is 2.81. The number of carbonyl (C=O) groups excluding carboxylic acids is 1. The minimum Gasteiger partial charge on any atom is -0.396 e. The lowest BCUT2D eigenvalue weighted by Gasteiger charge is -2.31. The molecule has 2 fully saturated rings. The van der Waals surface area contributed by atoms with Gasteiger partial charge in [0.1, 0.15) is 0 Å². The first kappa shape index (κ1) is 11.9. The number of likely N-dealkylation sites (tertiary alicyclic amines) is 2. The van der Waals surface area contributed by atoms with Gasteiger partial charge in [-0.1, -0.05) is 0 Å². The Kier molecular flexibility index (Phi) is 3.82. The molecule has 0 unspecified atom stereocenters. The van der Waals surface area contributed by atoms with Crippen molar-refractivity contribution in [1.29, 1.82) is 0 Å². The molecular formula is C12H22N2O2. The molecule has 2 atom stereocenters. The van der Waals surface area contributed by atoms with Gasteiger partial charge in [0.15, 0.2) is 0 Å². The Bertz CT molecular complexity index is 257. The van der Waals surface area contributed by atoms with Gasteiger partial charge in [-0.2, -0.15) is 0 Å². The standard InChI is InChI=1S/C12H22N2O2/c1-13-5-2-3-11(8-13)12(16)14-6-4-10(7-14)9-15/h10-11,15H,2-9H2,1H3/t10-,11-/m0/s1. The molecule has 0 radical (unpaired) electrons. The van der Waals surface area contributed by atoms with Gasteiger partial charge in [-0.25, -0.2) is 0 Å². The van der Waals surface area contributed by atoms with E-state index in [2.05, 4.69) is 11.9 Å². The summed E-state index contributed by atoms with van der Waals surface area (Å²) in [5.41, 5.74) is 0. The summed E-state index contributed by atoms with van der Waals surface area (Å²) >= 11 is 0. The van der Waals surface area contributed by atoms with Gasteiger partial charge in [0.2, 0.25) is 5.91 Å². The number of hydrogen-bond acceptors (Lipinski definition) is 3. The summed E-state index contributed by atoms with van der Waals surface area (Å²) in [5, 5.41) is 9.07. The highest BCUT2D eigenvalue weighted by Crippen LogP contribution is 2.22. The summed E-state index contributed by atoms with van der Waals surface area (Å²) in [7, 11) is 2.08. The highest BCUT2D eigenvalue weighted by atomic mass is 16.3. The van der Waals surface area contributed by atoms with Gasteiger partial charge in [0.25, 0.3) is 0 Å². The first-order valence-corrected chi connectivity index (χ1v) is 6.29. The van der Waals surface area contributed by atoms with Crippen LogP contribution >= 0.6 is 0 Å². The van der Waals surface area contributed by atoms with Crippen molar-refractivity contribution in [2.24, 2.45) is 11.8 Å². The van der Waals surface area contributed by atoms with E-state index in [1.54, 1.807) is 0 Å². The predicted molar refractivity (Wildman–Crippen MR) is 62.0 cm³/mol. The molecule has 2 aliphatic heterocycles. The van der Waals surface area contributed by atoms with Gasteiger partial charge in [0, 0.05) is 32.2 Å². The Morgan fingerprint density at radius 1 is 1.31 bits per heavy atom. The van der Waals surface area contributed by atoms with Gasteiger partial charge in [-0.3, -0.25) is 4.79 Å². The number of nitrogens with zero attached hydrogens (tertiary/aromatic N) is 2. The maximum absolute atomic E-state index is 12.2. The number of carbonyl (C=O) groups is 1. The highest BCUT2D eigenvalue weighted by molar-refractivity contribution is 5.79. The predicted octanol–water partition coefficient (Wildman–Crippen LogP) is 0.169. The SMILES string of the molecule is CN1CCC[C@H](C(=O)N2CC[C@H](CO)C2)C1. The molecule has 2 aliphatic rings. The summed E-state index contributed by atoms with van der Waals surface area (Å²) in [6.45, 7) is 3.83. The van der Waals surface area contributed by atoms with E-state index in [9.17, 15) is 4.79 Å². The van der Waals surface area contributed by atoms with Crippen LogP contribution in [0.2, 0.25) is 0 Å². The molecule has 0 saturated carbocycles. The zero-order valence-electron chi connectivity index (χ0n) is 10.1. The van der Waals surface area contributed by atoms with Crippen LogP contribution in [0.4, 0.5) is 0 Å². The third kappa shape index (κ3) is 2.55. The van der Waals surface area contributed by atoms with Gasteiger partial charge in [-0.05, 0) is 32.9 Å². The second-order valence-corrected chi connectivity index (χ2v) is 5.22. The third-order valence-corrected chi connectivity index (χ3v) is 3.83. The molecule has 0 aromatic rings. The molecular weight excluding hydrogens is 204 g/mol. The molecule has 1 N–H and O–H groups in total. The molecule has 0 aliphatic carbocycles. The smallest absolute Gasteiger partial charge is 0.226 e. The molecule has 16 heavy (non-hydrogen) atoms. The Labute approximate surface area is 97.2 Å². The topological polar surface area (TPSA) is 43.8 Å². The number of piperidine rings is 1. The van der Waals surface area contributed by atoms with E-state index < -0.39 is 0 Å². The van der Waals surface area contributed by atoms with Crippen molar-refractivity contribution in [1.82, 2.24) is 9.80 Å². The Hall–Kier alpha value is -0.610. The fourth-order valence-corrected chi connectivity index (χ4v) is 2.81. The first-order valence-electron chi connectivity index (χ1n) is 6.29. The van der Waals surface area contributed by atoms with Crippen LogP contribution in [-0.2, 0) is 4.79 Å². The number of hydrogen-bond donors (Lipinski definition) is 1. The van der Waals surface area contributed by atoms with Crippen LogP contribution in [0.3, 0.4) is 0 Å². The van der Waals surface area contributed by atoms with Gasteiger partial charge < -0.3 is 14.9 Å². The molecule has 0 aromatic heterocycles. The quantitative estimate of drug-likeness (QED) is 0.730. The minimum absolute atomic E-state index is 0.191. The van der Waals surface area contributed by atoms with Crippen LogP contribution in [0.1, 0.15) is 19.3 Å². The largest absolute Gasteiger partial charge is 0.396 e. The van der Waals surface area contributed by atoms with Crippen LogP contribution in [0.25, 0.3) is 0 Å². The van der Waals surface area contributed by atoms with E-state index in [4.69, 9.17) is 5.11 Å². The number of rotatable bonds is 2. The molecule has 0 aromatic carbocycles. The number of aliphatic hydroxyl groups is 1. The van der Waals surface area contributed by atoms with Gasteiger partial charge in [-0.15, -0.1) is 0 Å². The summed E-state index contributed by atoms with van der Waals surface area (Å²) in [4.78, 5) is 16.4. The van der Waals surface area contributed by atoms with Crippen molar-refractivity contribution < 1.29 is 9.90 Å². The van der Waals surface area contributed by atoms with E-state index in [-0.39, 0.29) is 12.5 Å². The Morgan fingerprint density at radius 3 is 2.75 bits per heavy atom. The average Bonchev–Trinajstić information content (AvgIpc) is 2.76. The molecule has 92 valence electrons. The maximum Gasteiger partial charge on any atom is 0.226 e. The van der Waals surface area contributed by atoms with Crippen LogP contribution in [0.5, 0.6) is 0 Å². The van der Waals surface area contributed by atoms with E-state index >= 15 is 0 Å². The fraction of sp³-hybridized carbons (Fsp3) is 0.917. The van der Waals surface area contributed by atoms with Crippen LogP contribution < -0.4 is 0 Å². The monoisotopic (exact) mass is 226 g/mol. The lowest BCUT2D eigenvalue weighted by molar-refractivity contribution is -0.136. The van der Waals surface area contributed by atoms with Crippen molar-refractivity contribution in [2.75, 3.05) is 39.8 Å². The number of amides is 1. The first-order chi connectivity index (χ1) is 7.70. The lowest BCUT2D eigenvalue weighted by atomic mass is 9.97. The van der Waals surface area contributed by atoms with E-state index in [1.165, 1.54) is 0 Å². The van der Waals surface area contributed by atoms with Crippen molar-refractivity contribution in [2.45, 2.75) is 19.3 Å². The average molecular weight is 226 g/mol. The molecule has 2 heterocycles. The normalized spacial score (nSPS) is 32.0. The van der Waals surface area contributed by atoms with Crippen LogP contribution in [0, 0.1) is 11.8 Å². The molecule has 4 nitrogen and oxygen atoms in total. The van der Waals surface area contributed by atoms with Crippen molar-refractivity contribution >= 4 is 5.91 Å². The summed E-state index contributed by atoms with van der Waals surface area (Å²) in [6, 6.07) is 0. The molecule has 0 spiro atoms. The highest BCUT2D eigenvalue weighted by Gasteiger charge is 2.32. The Morgan fingerprint density at radius 2 is 2.12 bits per heavy atom. The molecule has 2 saturated heterocycles. The lowest BCUT2D eigenvalue weighted by Crippen LogP contribution is -2.42. The zero-order chi connectivity index (χ0) is 11.5. The van der Waals surface area contributed by atoms with E-state index in [0.29, 0.717) is 11.8 Å². The second-order valence-electron chi connectivity index (χ2n) is 5.22. The van der Waals surface area contributed by atoms with Crippen molar-refractivity contribution in [3.05, 3.63) is 0 Å². The maximum atomic E-state index is 12.2. The summed E-state index contributed by atoms with van der Waals surface area (Å²) < 4.78 is 0. The number of aliphatic hydroxyl groups excluding tert-OH is 1. The van der Waals surface area contributed by atoms with Gasteiger partial charge in [0.05, 0.1) is 5.92 Å². The van der Waals surface area contributed by atoms with Crippen LogP contribution in [-0.4, -0.2) is 60.6 Å².